The van der Waals surface area contributed by atoms with Crippen LogP contribution < -0.4 is 11.3 Å². The third-order valence-electron chi connectivity index (χ3n) is 5.88. The van der Waals surface area contributed by atoms with Crippen LogP contribution in [0.3, 0.4) is 0 Å². The van der Waals surface area contributed by atoms with E-state index in [-0.39, 0.29) is 11.0 Å². The van der Waals surface area contributed by atoms with E-state index in [1.807, 2.05) is 6.08 Å². The van der Waals surface area contributed by atoms with Crippen LogP contribution in [0.4, 0.5) is 0 Å². The summed E-state index contributed by atoms with van der Waals surface area (Å²) in [5, 5.41) is 1.44. The van der Waals surface area contributed by atoms with E-state index in [9.17, 15) is 0 Å². The van der Waals surface area contributed by atoms with Gasteiger partial charge in [-0.25, -0.2) is 21.0 Å². The van der Waals surface area contributed by atoms with Gasteiger partial charge in [0.05, 0.1) is 5.70 Å². The minimum atomic E-state index is 0.0356. The number of rotatable bonds is 11. The van der Waals surface area contributed by atoms with Crippen molar-refractivity contribution in [2.24, 2.45) is 11.3 Å². The Labute approximate surface area is 166 Å². The molecule has 0 fully saturated rings. The lowest BCUT2D eigenvalue weighted by atomic mass is 9.76. The maximum atomic E-state index is 5.90. The van der Waals surface area contributed by atoms with E-state index in [2.05, 4.69) is 81.9 Å². The van der Waals surface area contributed by atoms with E-state index >= 15 is 0 Å². The summed E-state index contributed by atoms with van der Waals surface area (Å²) in [6.45, 7) is 22.3. The second-order valence-corrected chi connectivity index (χ2v) is 8.21. The lowest BCUT2D eigenvalue weighted by Gasteiger charge is -2.33. The van der Waals surface area contributed by atoms with Crippen molar-refractivity contribution in [2.45, 2.75) is 58.9 Å². The van der Waals surface area contributed by atoms with Crippen LogP contribution in [0.5, 0.6) is 0 Å². The van der Waals surface area contributed by atoms with Gasteiger partial charge >= 0.3 is 0 Å². The third kappa shape index (κ3) is 6.05. The molecule has 0 amide bonds. The van der Waals surface area contributed by atoms with Gasteiger partial charge in [0.1, 0.15) is 6.72 Å². The molecule has 27 heavy (non-hydrogen) atoms. The largest absolute Gasteiger partial charge is 0.245 e. The molecule has 0 aromatic rings. The Kier molecular flexibility index (Phi) is 8.45. The number of nitrogens with one attached hydrogen (secondary N) is 1. The first-order valence-corrected chi connectivity index (χ1v) is 9.79. The molecular weight excluding hydrogens is 332 g/mol. The van der Waals surface area contributed by atoms with E-state index < -0.39 is 0 Å². The highest BCUT2D eigenvalue weighted by Gasteiger charge is 2.37. The number of hydrogen-bond donors (Lipinski definition) is 2. The Morgan fingerprint density at radius 3 is 2.59 bits per heavy atom. The predicted molar refractivity (Wildman–Crippen MR) is 118 cm³/mol. The lowest BCUT2D eigenvalue weighted by molar-refractivity contribution is -0.604. The quantitative estimate of drug-likeness (QED) is 0.185. The zero-order chi connectivity index (χ0) is 20.7. The van der Waals surface area contributed by atoms with Crippen LogP contribution in [-0.2, 0) is 0 Å². The second kappa shape index (κ2) is 9.86. The molecule has 0 aliphatic heterocycles. The minimum Gasteiger partial charge on any atom is -0.245 e. The molecule has 0 saturated heterocycles. The van der Waals surface area contributed by atoms with E-state index in [4.69, 9.17) is 5.84 Å². The van der Waals surface area contributed by atoms with Crippen LogP contribution in [0.2, 0.25) is 0 Å². The fourth-order valence-electron chi connectivity index (χ4n) is 3.23. The highest BCUT2D eigenvalue weighted by atomic mass is 15.7. The van der Waals surface area contributed by atoms with Crippen molar-refractivity contribution in [3.05, 3.63) is 60.4 Å². The van der Waals surface area contributed by atoms with Crippen molar-refractivity contribution in [1.29, 1.82) is 0 Å². The maximum absolute atomic E-state index is 5.90. The number of nitrogens with two attached hydrogens (primary N) is 1. The number of hydrazine groups is 2. The van der Waals surface area contributed by atoms with Crippen LogP contribution in [0.15, 0.2) is 60.4 Å². The minimum absolute atomic E-state index is 0.0356. The van der Waals surface area contributed by atoms with Crippen LogP contribution in [0.1, 0.15) is 53.4 Å². The summed E-state index contributed by atoms with van der Waals surface area (Å²) in [6, 6.07) is 0. The van der Waals surface area contributed by atoms with Gasteiger partial charge in [-0.05, 0) is 45.6 Å². The Morgan fingerprint density at radius 1 is 1.37 bits per heavy atom. The Hall–Kier alpha value is -1.91. The van der Waals surface area contributed by atoms with Crippen molar-refractivity contribution >= 4 is 6.72 Å². The molecule has 0 radical (unpaired) electrons. The van der Waals surface area contributed by atoms with Gasteiger partial charge in [0.2, 0.25) is 0 Å². The molecule has 0 bridgehead atoms. The van der Waals surface area contributed by atoms with E-state index in [0.717, 1.165) is 43.5 Å². The topological polar surface area (TPSA) is 44.3 Å². The first kappa shape index (κ1) is 23.1. The van der Waals surface area contributed by atoms with E-state index in [1.54, 1.807) is 7.05 Å². The first-order chi connectivity index (χ1) is 12.6. The zero-order valence-electron chi connectivity index (χ0n) is 18.0. The molecule has 1 aliphatic rings. The maximum Gasteiger partial charge on any atom is 0.156 e. The molecule has 4 nitrogen and oxygen atoms in total. The van der Waals surface area contributed by atoms with E-state index in [0.29, 0.717) is 0 Å². The van der Waals surface area contributed by atoms with Gasteiger partial charge in [-0.15, -0.1) is 6.58 Å². The smallest absolute Gasteiger partial charge is 0.156 e. The van der Waals surface area contributed by atoms with Gasteiger partial charge in [-0.2, -0.15) is 0 Å². The Bertz CT molecular complexity index is 651. The third-order valence-corrected chi connectivity index (χ3v) is 5.88. The molecular formula is C23H39N4+. The summed E-state index contributed by atoms with van der Waals surface area (Å²) >= 11 is 0. The van der Waals surface area contributed by atoms with Gasteiger partial charge in [0.25, 0.3) is 0 Å². The van der Waals surface area contributed by atoms with Crippen LogP contribution in [0.25, 0.3) is 0 Å². The predicted octanol–water partition coefficient (Wildman–Crippen LogP) is 4.50. The Morgan fingerprint density at radius 2 is 2.04 bits per heavy atom. The van der Waals surface area contributed by atoms with Crippen LogP contribution >= 0.6 is 0 Å². The molecule has 1 rings (SSSR count). The fraction of sp³-hybridized carbons (Fsp3) is 0.522. The van der Waals surface area contributed by atoms with Gasteiger partial charge in [0, 0.05) is 18.9 Å². The molecule has 0 saturated carbocycles. The normalized spacial score (nSPS) is 16.7. The molecule has 0 spiro atoms. The monoisotopic (exact) mass is 371 g/mol. The van der Waals surface area contributed by atoms with Gasteiger partial charge in [-0.1, -0.05) is 49.5 Å². The highest BCUT2D eigenvalue weighted by molar-refractivity contribution is 5.43. The van der Waals surface area contributed by atoms with Gasteiger partial charge in [-0.3, -0.25) is 0 Å². The van der Waals surface area contributed by atoms with Crippen molar-refractivity contribution in [2.75, 3.05) is 13.6 Å². The second-order valence-electron chi connectivity index (χ2n) is 8.21. The number of nitrogens with zero attached hydrogens (tertiary/aromatic N) is 2. The summed E-state index contributed by atoms with van der Waals surface area (Å²) in [5.41, 5.74) is 6.14. The number of hydrogen-bond acceptors (Lipinski definition) is 3. The fourth-order valence-corrected chi connectivity index (χ4v) is 3.23. The van der Waals surface area contributed by atoms with Crippen molar-refractivity contribution in [3.63, 3.8) is 0 Å². The molecule has 3 N–H and O–H groups in total. The molecule has 150 valence electrons. The highest BCUT2D eigenvalue weighted by Crippen LogP contribution is 2.36. The molecule has 0 heterocycles. The molecule has 0 aromatic heterocycles. The molecule has 0 aromatic carbocycles. The average Bonchev–Trinajstić information content (AvgIpc) is 2.91. The summed E-state index contributed by atoms with van der Waals surface area (Å²) in [7, 11) is 1.78. The molecule has 1 aliphatic carbocycles. The first-order valence-electron chi connectivity index (χ1n) is 9.79. The van der Waals surface area contributed by atoms with Crippen molar-refractivity contribution in [3.8, 4) is 0 Å². The van der Waals surface area contributed by atoms with Crippen molar-refractivity contribution in [1.82, 2.24) is 10.5 Å². The van der Waals surface area contributed by atoms with E-state index in [1.165, 1.54) is 10.7 Å². The van der Waals surface area contributed by atoms with Crippen molar-refractivity contribution < 1.29 is 4.58 Å². The number of allylic oxidation sites excluding steroid dienone is 5. The summed E-state index contributed by atoms with van der Waals surface area (Å²) in [5.74, 6) is 5.90. The zero-order valence-corrected chi connectivity index (χ0v) is 18.0. The lowest BCUT2D eigenvalue weighted by Crippen LogP contribution is -2.42. The van der Waals surface area contributed by atoms with Crippen LogP contribution in [-0.4, -0.2) is 35.5 Å². The van der Waals surface area contributed by atoms with Gasteiger partial charge < -0.3 is 0 Å². The average molecular weight is 372 g/mol. The standard InChI is InChI=1S/C23H39N4/c1-9-11-17-22(4,5)26(8)18-23(6,10-2)21-14-12-13-20(15-16-21)19(3)27(24)25-7/h9,12-13,15-16,25H,1,3,8,10-11,14,17-18,24H2,2,4-7H3/q+1. The Balaban J connectivity index is 3.05. The summed E-state index contributed by atoms with van der Waals surface area (Å²) < 4.78 is 2.25. The summed E-state index contributed by atoms with van der Waals surface area (Å²) in [6.07, 6.45) is 14.7. The van der Waals surface area contributed by atoms with Crippen LogP contribution in [0, 0.1) is 5.41 Å². The molecule has 4 heteroatoms. The molecule has 1 atom stereocenters. The SMILES string of the molecule is C=CCCC(C)(C)[N+](=C)CC(C)(CC)C1=CC=C(C(=C)N(N)NC)C=CC1. The van der Waals surface area contributed by atoms with Gasteiger partial charge in [0.15, 0.2) is 12.1 Å². The molecule has 1 unspecified atom stereocenters. The summed E-state index contributed by atoms with van der Waals surface area (Å²) in [4.78, 5) is 0.